The summed E-state index contributed by atoms with van der Waals surface area (Å²) in [6, 6.07) is 3.95. The van der Waals surface area contributed by atoms with Crippen LogP contribution in [0.3, 0.4) is 0 Å². The van der Waals surface area contributed by atoms with Crippen LogP contribution in [0, 0.1) is 5.82 Å². The minimum Gasteiger partial charge on any atom is -0.339 e. The molecule has 0 radical (unpaired) electrons. The number of nitrogens with zero attached hydrogens (tertiary/aromatic N) is 2. The van der Waals surface area contributed by atoms with Crippen LogP contribution in [0.1, 0.15) is 49.0 Å². The minimum absolute atomic E-state index is 0.180. The van der Waals surface area contributed by atoms with Crippen LogP contribution in [0.15, 0.2) is 27.6 Å². The van der Waals surface area contributed by atoms with Crippen molar-refractivity contribution in [2.75, 3.05) is 6.26 Å². The maximum Gasteiger partial charge on any atom is 0.229 e. The molecule has 1 saturated carbocycles. The van der Waals surface area contributed by atoms with Crippen molar-refractivity contribution >= 4 is 9.84 Å². The first-order valence-corrected chi connectivity index (χ1v) is 9.29. The van der Waals surface area contributed by atoms with E-state index in [2.05, 4.69) is 15.5 Å². The molecule has 1 aromatic carbocycles. The summed E-state index contributed by atoms with van der Waals surface area (Å²) in [5.41, 5.74) is 0.654. The molecule has 124 valence electrons. The predicted octanol–water partition coefficient (Wildman–Crippen LogP) is 2.34. The molecule has 0 spiro atoms. The molecule has 1 fully saturated rings. The van der Waals surface area contributed by atoms with Crippen LogP contribution in [-0.2, 0) is 16.4 Å². The first-order chi connectivity index (χ1) is 10.8. The molecule has 1 heterocycles. The number of aromatic nitrogens is 2. The lowest BCUT2D eigenvalue weighted by atomic mass is 10.1. The van der Waals surface area contributed by atoms with Gasteiger partial charge in [0.1, 0.15) is 10.7 Å². The highest BCUT2D eigenvalue weighted by Crippen LogP contribution is 2.38. The van der Waals surface area contributed by atoms with Crippen molar-refractivity contribution in [3.8, 4) is 0 Å². The number of halogens is 1. The Morgan fingerprint density at radius 1 is 1.43 bits per heavy atom. The second-order valence-electron chi connectivity index (χ2n) is 5.89. The van der Waals surface area contributed by atoms with Crippen molar-refractivity contribution in [3.05, 3.63) is 41.3 Å². The summed E-state index contributed by atoms with van der Waals surface area (Å²) >= 11 is 0. The Labute approximate surface area is 134 Å². The van der Waals surface area contributed by atoms with Crippen LogP contribution in [-0.4, -0.2) is 24.8 Å². The van der Waals surface area contributed by atoms with E-state index in [-0.39, 0.29) is 10.9 Å². The van der Waals surface area contributed by atoms with E-state index in [9.17, 15) is 12.8 Å². The van der Waals surface area contributed by atoms with Gasteiger partial charge in [0.05, 0.1) is 6.54 Å². The molecule has 6 nitrogen and oxygen atoms in total. The molecule has 1 atom stereocenters. The molecule has 1 aliphatic carbocycles. The highest BCUT2D eigenvalue weighted by Gasteiger charge is 2.29. The zero-order valence-corrected chi connectivity index (χ0v) is 13.7. The minimum atomic E-state index is -3.56. The summed E-state index contributed by atoms with van der Waals surface area (Å²) in [4.78, 5) is 4.02. The van der Waals surface area contributed by atoms with Crippen LogP contribution < -0.4 is 5.32 Å². The Hall–Kier alpha value is -1.80. The molecule has 0 bridgehead atoms. The smallest absolute Gasteiger partial charge is 0.229 e. The van der Waals surface area contributed by atoms with Crippen LogP contribution in [0.4, 0.5) is 4.39 Å². The summed E-state index contributed by atoms with van der Waals surface area (Å²) in [5, 5.41) is 7.08. The summed E-state index contributed by atoms with van der Waals surface area (Å²) in [6.07, 6.45) is 3.18. The van der Waals surface area contributed by atoms with Gasteiger partial charge in [-0.25, -0.2) is 12.8 Å². The number of hydrogen-bond donors (Lipinski definition) is 1. The molecule has 8 heteroatoms. The number of nitrogens with one attached hydrogen (secondary N) is 1. The topological polar surface area (TPSA) is 85.1 Å². The fourth-order valence-corrected chi connectivity index (χ4v) is 3.01. The maximum atomic E-state index is 13.9. The van der Waals surface area contributed by atoms with Crippen LogP contribution in [0.5, 0.6) is 0 Å². The van der Waals surface area contributed by atoms with Gasteiger partial charge in [0.15, 0.2) is 15.7 Å². The van der Waals surface area contributed by atoms with Crippen molar-refractivity contribution < 1.29 is 17.3 Å². The van der Waals surface area contributed by atoms with E-state index in [1.807, 2.05) is 6.92 Å². The van der Waals surface area contributed by atoms with E-state index in [0.29, 0.717) is 29.7 Å². The Bertz CT molecular complexity index is 815. The van der Waals surface area contributed by atoms with Crippen molar-refractivity contribution in [1.29, 1.82) is 0 Å². The predicted molar refractivity (Wildman–Crippen MR) is 81.0 cm³/mol. The van der Waals surface area contributed by atoms with Gasteiger partial charge in [-0.3, -0.25) is 0 Å². The summed E-state index contributed by atoms with van der Waals surface area (Å²) < 4.78 is 41.9. The summed E-state index contributed by atoms with van der Waals surface area (Å²) in [6.45, 7) is 2.25. The zero-order chi connectivity index (χ0) is 16.6. The molecule has 0 unspecified atom stereocenters. The molecular weight excluding hydrogens is 321 g/mol. The second-order valence-corrected chi connectivity index (χ2v) is 7.87. The number of sulfone groups is 1. The lowest BCUT2D eigenvalue weighted by molar-refractivity contribution is 0.371. The van der Waals surface area contributed by atoms with Crippen LogP contribution >= 0.6 is 0 Å². The van der Waals surface area contributed by atoms with Gasteiger partial charge in [0.2, 0.25) is 5.89 Å². The third-order valence-corrected chi connectivity index (χ3v) is 4.96. The molecular formula is C15H18FN3O3S. The first-order valence-electron chi connectivity index (χ1n) is 7.40. The average Bonchev–Trinajstić information content (AvgIpc) is 3.22. The highest BCUT2D eigenvalue weighted by atomic mass is 32.2. The third-order valence-electron chi connectivity index (χ3n) is 3.83. The molecule has 23 heavy (non-hydrogen) atoms. The van der Waals surface area contributed by atoms with Crippen molar-refractivity contribution in [3.63, 3.8) is 0 Å². The molecule has 0 saturated heterocycles. The van der Waals surface area contributed by atoms with Gasteiger partial charge in [-0.1, -0.05) is 11.2 Å². The van der Waals surface area contributed by atoms with Gasteiger partial charge in [-0.2, -0.15) is 4.98 Å². The molecule has 1 N–H and O–H groups in total. The second kappa shape index (κ2) is 6.01. The number of benzene rings is 1. The Morgan fingerprint density at radius 3 is 2.78 bits per heavy atom. The molecule has 0 amide bonds. The van der Waals surface area contributed by atoms with Gasteiger partial charge in [-0.05, 0) is 37.5 Å². The van der Waals surface area contributed by atoms with E-state index in [0.717, 1.165) is 19.1 Å². The van der Waals surface area contributed by atoms with Gasteiger partial charge in [0.25, 0.3) is 0 Å². The fourth-order valence-electron chi connectivity index (χ4n) is 2.28. The Morgan fingerprint density at radius 2 is 2.17 bits per heavy atom. The van der Waals surface area contributed by atoms with Crippen LogP contribution in [0.25, 0.3) is 0 Å². The van der Waals surface area contributed by atoms with Gasteiger partial charge >= 0.3 is 0 Å². The monoisotopic (exact) mass is 339 g/mol. The lowest BCUT2D eigenvalue weighted by Gasteiger charge is -2.13. The van der Waals surface area contributed by atoms with E-state index in [4.69, 9.17) is 4.52 Å². The average molecular weight is 339 g/mol. The molecule has 1 aromatic heterocycles. The Balaban J connectivity index is 1.65. The van der Waals surface area contributed by atoms with E-state index in [1.54, 1.807) is 6.07 Å². The fraction of sp³-hybridized carbons (Fsp3) is 0.467. The molecule has 3 rings (SSSR count). The van der Waals surface area contributed by atoms with Crippen molar-refractivity contribution in [1.82, 2.24) is 15.5 Å². The number of rotatable bonds is 6. The van der Waals surface area contributed by atoms with E-state index >= 15 is 0 Å². The molecule has 0 aliphatic heterocycles. The molecule has 1 aliphatic rings. The first kappa shape index (κ1) is 16.1. The quantitative estimate of drug-likeness (QED) is 0.869. The normalized spacial score (nSPS) is 16.5. The molecule has 2 aromatic rings. The van der Waals surface area contributed by atoms with Crippen molar-refractivity contribution in [2.24, 2.45) is 0 Å². The van der Waals surface area contributed by atoms with Gasteiger partial charge < -0.3 is 9.84 Å². The third kappa shape index (κ3) is 3.76. The zero-order valence-electron chi connectivity index (χ0n) is 12.9. The van der Waals surface area contributed by atoms with Gasteiger partial charge in [-0.15, -0.1) is 0 Å². The lowest BCUT2D eigenvalue weighted by Crippen LogP contribution is -2.19. The Kier molecular flexibility index (Phi) is 4.20. The largest absolute Gasteiger partial charge is 0.339 e. The standard InChI is InChI=1S/C15H18FN3O3S/c1-9(11-5-6-13(12(16)7-11)23(2,20)21)17-8-14-18-15(22-19-14)10-3-4-10/h5-7,9-10,17H,3-4,8H2,1-2H3/t9-/m0/s1. The van der Waals surface area contributed by atoms with E-state index in [1.165, 1.54) is 12.1 Å². The maximum absolute atomic E-state index is 13.9. The van der Waals surface area contributed by atoms with Crippen molar-refractivity contribution in [2.45, 2.75) is 43.2 Å². The summed E-state index contributed by atoms with van der Waals surface area (Å²) in [7, 11) is -3.56. The summed E-state index contributed by atoms with van der Waals surface area (Å²) in [5.74, 6) is 0.908. The van der Waals surface area contributed by atoms with E-state index < -0.39 is 15.7 Å². The highest BCUT2D eigenvalue weighted by molar-refractivity contribution is 7.90. The van der Waals surface area contributed by atoms with Crippen LogP contribution in [0.2, 0.25) is 0 Å². The van der Waals surface area contributed by atoms with Gasteiger partial charge in [0, 0.05) is 18.2 Å². The SMILES string of the molecule is C[C@H](NCc1noc(C2CC2)n1)c1ccc(S(C)(=O)=O)c(F)c1. The number of hydrogen-bond acceptors (Lipinski definition) is 6.